The highest BCUT2D eigenvalue weighted by Gasteiger charge is 2.11. The third kappa shape index (κ3) is 2.29. The summed E-state index contributed by atoms with van der Waals surface area (Å²) in [5.74, 6) is 0. The van der Waals surface area contributed by atoms with Crippen LogP contribution in [0.2, 0.25) is 0 Å². The maximum atomic E-state index is 12.2. The van der Waals surface area contributed by atoms with Gasteiger partial charge in [-0.2, -0.15) is 0 Å². The predicted octanol–water partition coefficient (Wildman–Crippen LogP) is 1.96. The number of thioether (sulfide) groups is 1. The Morgan fingerprint density at radius 2 is 2.06 bits per heavy atom. The standard InChI is InChI=1S/C12H14N2O2S/c1-8(2)16-14-11(15)9-6-4-5-7-10(9)13-12(14)17-3/h4-8H,1-3H3. The Morgan fingerprint density at radius 1 is 1.35 bits per heavy atom. The Kier molecular flexibility index (Phi) is 3.38. The van der Waals surface area contributed by atoms with Crippen LogP contribution in [0, 0.1) is 0 Å². The Morgan fingerprint density at radius 3 is 2.71 bits per heavy atom. The van der Waals surface area contributed by atoms with Gasteiger partial charge in [-0.25, -0.2) is 4.98 Å². The van der Waals surface area contributed by atoms with Gasteiger partial charge in [0, 0.05) is 0 Å². The lowest BCUT2D eigenvalue weighted by molar-refractivity contribution is 0.0346. The van der Waals surface area contributed by atoms with Crippen molar-refractivity contribution < 1.29 is 4.84 Å². The largest absolute Gasteiger partial charge is 0.406 e. The van der Waals surface area contributed by atoms with Crippen molar-refractivity contribution in [2.45, 2.75) is 25.1 Å². The van der Waals surface area contributed by atoms with E-state index in [9.17, 15) is 4.79 Å². The molecule has 0 aliphatic carbocycles. The van der Waals surface area contributed by atoms with Gasteiger partial charge in [0.25, 0.3) is 5.56 Å². The molecule has 0 saturated heterocycles. The normalized spacial score (nSPS) is 11.1. The van der Waals surface area contributed by atoms with Crippen molar-refractivity contribution in [2.75, 3.05) is 6.26 Å². The minimum atomic E-state index is -0.159. The van der Waals surface area contributed by atoms with Gasteiger partial charge in [0.2, 0.25) is 5.16 Å². The third-order valence-corrected chi connectivity index (χ3v) is 2.83. The highest BCUT2D eigenvalue weighted by atomic mass is 32.2. The van der Waals surface area contributed by atoms with Gasteiger partial charge in [-0.3, -0.25) is 4.79 Å². The Balaban J connectivity index is 2.72. The van der Waals surface area contributed by atoms with E-state index in [1.165, 1.54) is 16.5 Å². The number of hydrogen-bond donors (Lipinski definition) is 0. The third-order valence-electron chi connectivity index (χ3n) is 2.21. The summed E-state index contributed by atoms with van der Waals surface area (Å²) < 4.78 is 1.28. The van der Waals surface area contributed by atoms with Gasteiger partial charge in [-0.1, -0.05) is 23.9 Å². The number of aromatic nitrogens is 2. The van der Waals surface area contributed by atoms with Crippen molar-refractivity contribution in [3.8, 4) is 0 Å². The van der Waals surface area contributed by atoms with Gasteiger partial charge >= 0.3 is 0 Å². The number of benzene rings is 1. The zero-order chi connectivity index (χ0) is 12.4. The number of rotatable bonds is 3. The molecular weight excluding hydrogens is 236 g/mol. The molecule has 0 saturated carbocycles. The molecule has 0 spiro atoms. The molecule has 0 aliphatic rings. The quantitative estimate of drug-likeness (QED) is 0.617. The van der Waals surface area contributed by atoms with Crippen molar-refractivity contribution in [2.24, 2.45) is 0 Å². The Labute approximate surface area is 104 Å². The van der Waals surface area contributed by atoms with Crippen LogP contribution in [-0.4, -0.2) is 22.1 Å². The highest BCUT2D eigenvalue weighted by molar-refractivity contribution is 7.98. The minimum absolute atomic E-state index is 0.0680. The molecule has 0 bridgehead atoms. The van der Waals surface area contributed by atoms with E-state index in [0.29, 0.717) is 16.1 Å². The molecule has 0 N–H and O–H groups in total. The summed E-state index contributed by atoms with van der Waals surface area (Å²) in [7, 11) is 0. The van der Waals surface area contributed by atoms with E-state index in [0.717, 1.165) is 0 Å². The average molecular weight is 250 g/mol. The van der Waals surface area contributed by atoms with E-state index in [-0.39, 0.29) is 11.7 Å². The van der Waals surface area contributed by atoms with Crippen LogP contribution in [0.3, 0.4) is 0 Å². The second-order valence-electron chi connectivity index (χ2n) is 3.87. The molecule has 4 nitrogen and oxygen atoms in total. The molecule has 1 aromatic heterocycles. The molecule has 90 valence electrons. The van der Waals surface area contributed by atoms with Gasteiger partial charge in [0.15, 0.2) is 0 Å². The van der Waals surface area contributed by atoms with Crippen LogP contribution in [0.15, 0.2) is 34.2 Å². The van der Waals surface area contributed by atoms with Gasteiger partial charge in [0.05, 0.1) is 10.9 Å². The number of hydrogen-bond acceptors (Lipinski definition) is 4. The van der Waals surface area contributed by atoms with Gasteiger partial charge in [-0.15, -0.1) is 4.73 Å². The van der Waals surface area contributed by atoms with E-state index in [1.807, 2.05) is 38.3 Å². The topological polar surface area (TPSA) is 44.1 Å². The zero-order valence-corrected chi connectivity index (χ0v) is 10.8. The van der Waals surface area contributed by atoms with Crippen LogP contribution in [0.25, 0.3) is 10.9 Å². The molecule has 2 aromatic rings. The van der Waals surface area contributed by atoms with E-state index in [4.69, 9.17) is 4.84 Å². The molecule has 1 aromatic carbocycles. The first-order valence-electron chi connectivity index (χ1n) is 5.36. The van der Waals surface area contributed by atoms with Gasteiger partial charge < -0.3 is 4.84 Å². The maximum absolute atomic E-state index is 12.2. The average Bonchev–Trinajstić information content (AvgIpc) is 2.32. The van der Waals surface area contributed by atoms with Gasteiger partial charge in [0.1, 0.15) is 6.10 Å². The van der Waals surface area contributed by atoms with Crippen LogP contribution in [0.1, 0.15) is 13.8 Å². The molecular formula is C12H14N2O2S. The summed E-state index contributed by atoms with van der Waals surface area (Å²) in [6.45, 7) is 3.76. The summed E-state index contributed by atoms with van der Waals surface area (Å²) >= 11 is 1.39. The monoisotopic (exact) mass is 250 g/mol. The van der Waals surface area contributed by atoms with Crippen LogP contribution in [0.5, 0.6) is 0 Å². The summed E-state index contributed by atoms with van der Waals surface area (Å²) in [4.78, 5) is 22.1. The molecule has 1 heterocycles. The molecule has 5 heteroatoms. The molecule has 0 fully saturated rings. The molecule has 0 unspecified atom stereocenters. The van der Waals surface area contributed by atoms with Gasteiger partial charge in [-0.05, 0) is 32.2 Å². The molecule has 2 rings (SSSR count). The fourth-order valence-corrected chi connectivity index (χ4v) is 2.01. The lowest BCUT2D eigenvalue weighted by Crippen LogP contribution is -2.32. The van der Waals surface area contributed by atoms with E-state index in [1.54, 1.807) is 6.07 Å². The Bertz CT molecular complexity index is 593. The smallest absolute Gasteiger partial charge is 0.295 e. The summed E-state index contributed by atoms with van der Waals surface area (Å²) in [5.41, 5.74) is 0.541. The van der Waals surface area contributed by atoms with Crippen LogP contribution in [0.4, 0.5) is 0 Å². The second-order valence-corrected chi connectivity index (χ2v) is 4.64. The second kappa shape index (κ2) is 4.79. The first kappa shape index (κ1) is 12.0. The highest BCUT2D eigenvalue weighted by Crippen LogP contribution is 2.14. The van der Waals surface area contributed by atoms with Crippen molar-refractivity contribution in [1.29, 1.82) is 0 Å². The summed E-state index contributed by atoms with van der Waals surface area (Å²) in [5, 5.41) is 1.15. The lowest BCUT2D eigenvalue weighted by Gasteiger charge is -2.14. The van der Waals surface area contributed by atoms with Crippen molar-refractivity contribution >= 4 is 22.7 Å². The van der Waals surface area contributed by atoms with Crippen molar-refractivity contribution in [1.82, 2.24) is 9.71 Å². The van der Waals surface area contributed by atoms with Crippen molar-refractivity contribution in [3.63, 3.8) is 0 Å². The Hall–Kier alpha value is -1.49. The van der Waals surface area contributed by atoms with E-state index >= 15 is 0 Å². The number of para-hydroxylation sites is 1. The molecule has 0 aliphatic heterocycles. The lowest BCUT2D eigenvalue weighted by atomic mass is 10.2. The minimum Gasteiger partial charge on any atom is -0.406 e. The summed E-state index contributed by atoms with van der Waals surface area (Å²) in [6.07, 6.45) is 1.80. The summed E-state index contributed by atoms with van der Waals surface area (Å²) in [6, 6.07) is 7.28. The zero-order valence-electron chi connectivity index (χ0n) is 10.0. The molecule has 17 heavy (non-hydrogen) atoms. The molecule has 0 atom stereocenters. The number of fused-ring (bicyclic) bond motifs is 1. The number of nitrogens with zero attached hydrogens (tertiary/aromatic N) is 2. The fourth-order valence-electron chi connectivity index (χ4n) is 1.53. The predicted molar refractivity (Wildman–Crippen MR) is 69.5 cm³/mol. The van der Waals surface area contributed by atoms with Crippen LogP contribution in [-0.2, 0) is 0 Å². The maximum Gasteiger partial charge on any atom is 0.295 e. The SMILES string of the molecule is CSc1nc2ccccc2c(=O)n1OC(C)C. The molecule has 0 amide bonds. The first-order valence-corrected chi connectivity index (χ1v) is 6.59. The fraction of sp³-hybridized carbons (Fsp3) is 0.333. The van der Waals surface area contributed by atoms with Crippen LogP contribution < -0.4 is 10.4 Å². The first-order chi connectivity index (χ1) is 8.13. The van der Waals surface area contributed by atoms with E-state index in [2.05, 4.69) is 4.98 Å². The van der Waals surface area contributed by atoms with Crippen LogP contribution >= 0.6 is 11.8 Å². The van der Waals surface area contributed by atoms with Crippen molar-refractivity contribution in [3.05, 3.63) is 34.6 Å². The van der Waals surface area contributed by atoms with E-state index < -0.39 is 0 Å². The molecule has 0 radical (unpaired) electrons.